The molecule has 0 amide bonds. The number of hydrogen-bond acceptors (Lipinski definition) is 6. The van der Waals surface area contributed by atoms with E-state index in [9.17, 15) is 0 Å². The van der Waals surface area contributed by atoms with E-state index in [1.54, 1.807) is 13.3 Å². The zero-order chi connectivity index (χ0) is 13.9. The van der Waals surface area contributed by atoms with Gasteiger partial charge in [0.25, 0.3) is 0 Å². The van der Waals surface area contributed by atoms with Gasteiger partial charge in [0.1, 0.15) is 11.6 Å². The van der Waals surface area contributed by atoms with Crippen LogP contribution < -0.4 is 10.1 Å². The minimum Gasteiger partial charge on any atom is -0.497 e. The number of tetrazole rings is 1. The highest BCUT2D eigenvalue weighted by molar-refractivity contribution is 5.92. The number of pyridine rings is 1. The van der Waals surface area contributed by atoms with Crippen molar-refractivity contribution in [2.45, 2.75) is 13.0 Å². The zero-order valence-electron chi connectivity index (χ0n) is 11.2. The van der Waals surface area contributed by atoms with Crippen LogP contribution in [0.25, 0.3) is 10.8 Å². The Morgan fingerprint density at radius 1 is 1.30 bits per heavy atom. The lowest BCUT2D eigenvalue weighted by molar-refractivity contribution is 0.415. The van der Waals surface area contributed by atoms with Crippen LogP contribution >= 0.6 is 0 Å². The summed E-state index contributed by atoms with van der Waals surface area (Å²) < 4.78 is 5.26. The summed E-state index contributed by atoms with van der Waals surface area (Å²) in [5, 5.41) is 19.3. The molecule has 0 aliphatic heterocycles. The molecule has 0 saturated heterocycles. The molecule has 7 nitrogen and oxygen atoms in total. The normalized spacial score (nSPS) is 12.3. The first kappa shape index (κ1) is 12.3. The van der Waals surface area contributed by atoms with Gasteiger partial charge in [-0.15, -0.1) is 10.2 Å². The lowest BCUT2D eigenvalue weighted by Crippen LogP contribution is -2.10. The number of hydrogen-bond donors (Lipinski definition) is 2. The molecule has 0 bridgehead atoms. The van der Waals surface area contributed by atoms with Gasteiger partial charge in [0.2, 0.25) is 0 Å². The lowest BCUT2D eigenvalue weighted by Gasteiger charge is -2.13. The number of nitrogens with one attached hydrogen (secondary N) is 2. The Bertz CT molecular complexity index is 712. The summed E-state index contributed by atoms with van der Waals surface area (Å²) in [6, 6.07) is 7.74. The van der Waals surface area contributed by atoms with Gasteiger partial charge in [-0.1, -0.05) is 11.3 Å². The summed E-state index contributed by atoms with van der Waals surface area (Å²) in [5.41, 5.74) is 0. The second-order valence-electron chi connectivity index (χ2n) is 4.38. The molecule has 0 radical (unpaired) electrons. The molecule has 0 aliphatic rings. The number of benzene rings is 1. The number of methoxy groups -OCH3 is 1. The molecular weight excluding hydrogens is 256 g/mol. The number of rotatable bonds is 4. The minimum absolute atomic E-state index is 0.0990. The molecule has 2 N–H and O–H groups in total. The Morgan fingerprint density at radius 2 is 2.20 bits per heavy atom. The zero-order valence-corrected chi connectivity index (χ0v) is 11.2. The van der Waals surface area contributed by atoms with Crippen molar-refractivity contribution < 1.29 is 4.74 Å². The monoisotopic (exact) mass is 270 g/mol. The molecular formula is C13H14N6O. The Kier molecular flexibility index (Phi) is 3.16. The van der Waals surface area contributed by atoms with Crippen LogP contribution in [0.4, 0.5) is 5.82 Å². The molecule has 0 aliphatic carbocycles. The molecule has 0 spiro atoms. The molecule has 0 fully saturated rings. The molecule has 3 rings (SSSR count). The van der Waals surface area contributed by atoms with Crippen LogP contribution in [-0.4, -0.2) is 32.7 Å². The van der Waals surface area contributed by atoms with Crippen molar-refractivity contribution in [2.75, 3.05) is 12.4 Å². The maximum atomic E-state index is 5.26. The van der Waals surface area contributed by atoms with Crippen molar-refractivity contribution in [2.24, 2.45) is 0 Å². The summed E-state index contributed by atoms with van der Waals surface area (Å²) in [4.78, 5) is 4.38. The van der Waals surface area contributed by atoms with E-state index in [1.165, 1.54) is 0 Å². The highest BCUT2D eigenvalue weighted by atomic mass is 16.5. The second-order valence-corrected chi connectivity index (χ2v) is 4.38. The Balaban J connectivity index is 1.98. The number of nitrogens with zero attached hydrogens (tertiary/aromatic N) is 4. The van der Waals surface area contributed by atoms with Gasteiger partial charge >= 0.3 is 0 Å². The van der Waals surface area contributed by atoms with Crippen molar-refractivity contribution >= 4 is 16.6 Å². The molecule has 1 aromatic carbocycles. The van der Waals surface area contributed by atoms with Gasteiger partial charge in [-0.25, -0.2) is 4.98 Å². The van der Waals surface area contributed by atoms with E-state index in [2.05, 4.69) is 30.9 Å². The van der Waals surface area contributed by atoms with Crippen molar-refractivity contribution in [1.82, 2.24) is 25.6 Å². The first-order valence-corrected chi connectivity index (χ1v) is 6.20. The van der Waals surface area contributed by atoms with Gasteiger partial charge in [0.05, 0.1) is 13.2 Å². The molecule has 2 aromatic heterocycles. The van der Waals surface area contributed by atoms with Crippen LogP contribution in [0, 0.1) is 0 Å². The number of ether oxygens (including phenoxy) is 1. The third kappa shape index (κ3) is 2.25. The smallest absolute Gasteiger partial charge is 0.196 e. The molecule has 1 atom stereocenters. The summed E-state index contributed by atoms with van der Waals surface area (Å²) in [6.45, 7) is 1.95. The average Bonchev–Trinajstić information content (AvgIpc) is 3.01. The molecule has 20 heavy (non-hydrogen) atoms. The highest BCUT2D eigenvalue weighted by Gasteiger charge is 2.12. The Hall–Kier alpha value is -2.70. The van der Waals surface area contributed by atoms with E-state index in [4.69, 9.17) is 4.74 Å². The van der Waals surface area contributed by atoms with Gasteiger partial charge in [-0.05, 0) is 30.5 Å². The second kappa shape index (κ2) is 5.12. The third-order valence-corrected chi connectivity index (χ3v) is 3.08. The van der Waals surface area contributed by atoms with Crippen molar-refractivity contribution in [1.29, 1.82) is 0 Å². The lowest BCUT2D eigenvalue weighted by atomic mass is 10.1. The topological polar surface area (TPSA) is 88.6 Å². The molecule has 102 valence electrons. The highest BCUT2D eigenvalue weighted by Crippen LogP contribution is 2.27. The van der Waals surface area contributed by atoms with Crippen LogP contribution in [0.15, 0.2) is 30.5 Å². The van der Waals surface area contributed by atoms with Gasteiger partial charge in [-0.2, -0.15) is 5.21 Å². The van der Waals surface area contributed by atoms with Crippen LogP contribution in [0.1, 0.15) is 18.8 Å². The Morgan fingerprint density at radius 3 is 2.95 bits per heavy atom. The van der Waals surface area contributed by atoms with Crippen molar-refractivity contribution in [3.8, 4) is 5.75 Å². The third-order valence-electron chi connectivity index (χ3n) is 3.08. The fraction of sp³-hybridized carbons (Fsp3) is 0.231. The first-order valence-electron chi connectivity index (χ1n) is 6.20. The number of fused-ring (bicyclic) bond motifs is 1. The van der Waals surface area contributed by atoms with E-state index in [0.717, 1.165) is 22.3 Å². The number of H-pyrrole nitrogens is 1. The van der Waals surface area contributed by atoms with E-state index in [0.29, 0.717) is 5.82 Å². The molecule has 0 saturated carbocycles. The van der Waals surface area contributed by atoms with E-state index < -0.39 is 0 Å². The average molecular weight is 270 g/mol. The van der Waals surface area contributed by atoms with Crippen molar-refractivity contribution in [3.63, 3.8) is 0 Å². The quantitative estimate of drug-likeness (QED) is 0.753. The molecule has 2 heterocycles. The summed E-state index contributed by atoms with van der Waals surface area (Å²) in [5.74, 6) is 2.14. The molecule has 7 heteroatoms. The maximum Gasteiger partial charge on any atom is 0.196 e. The van der Waals surface area contributed by atoms with Crippen LogP contribution in [-0.2, 0) is 0 Å². The maximum absolute atomic E-state index is 5.26. The summed E-state index contributed by atoms with van der Waals surface area (Å²) in [7, 11) is 1.65. The number of aromatic amines is 1. The van der Waals surface area contributed by atoms with Crippen LogP contribution in [0.3, 0.4) is 0 Å². The largest absolute Gasteiger partial charge is 0.497 e. The summed E-state index contributed by atoms with van der Waals surface area (Å²) >= 11 is 0. The predicted molar refractivity (Wildman–Crippen MR) is 74.5 cm³/mol. The molecule has 1 unspecified atom stereocenters. The standard InChI is InChI=1S/C13H14N6O/c1-8(12-16-18-19-17-12)15-13-11-7-10(20-2)4-3-9(11)5-6-14-13/h3-8H,1-2H3,(H,14,15)(H,16,17,18,19). The van der Waals surface area contributed by atoms with Crippen LogP contribution in [0.5, 0.6) is 5.75 Å². The fourth-order valence-corrected chi connectivity index (χ4v) is 2.01. The van der Waals surface area contributed by atoms with Gasteiger partial charge in [0.15, 0.2) is 5.82 Å². The Labute approximate surface area is 115 Å². The van der Waals surface area contributed by atoms with E-state index in [1.807, 2.05) is 31.2 Å². The van der Waals surface area contributed by atoms with Gasteiger partial charge in [0, 0.05) is 11.6 Å². The number of aromatic nitrogens is 5. The van der Waals surface area contributed by atoms with Gasteiger partial charge < -0.3 is 10.1 Å². The minimum atomic E-state index is -0.0990. The van der Waals surface area contributed by atoms with Gasteiger partial charge in [-0.3, -0.25) is 0 Å². The number of anilines is 1. The molecule has 3 aromatic rings. The predicted octanol–water partition coefficient (Wildman–Crippen LogP) is 1.93. The summed E-state index contributed by atoms with van der Waals surface area (Å²) in [6.07, 6.45) is 1.76. The van der Waals surface area contributed by atoms with Crippen LogP contribution in [0.2, 0.25) is 0 Å². The van der Waals surface area contributed by atoms with E-state index in [-0.39, 0.29) is 6.04 Å². The van der Waals surface area contributed by atoms with Crippen molar-refractivity contribution in [3.05, 3.63) is 36.3 Å². The first-order chi connectivity index (χ1) is 9.78. The SMILES string of the molecule is COc1ccc2ccnc(NC(C)c3nn[nH]n3)c2c1. The van der Waals surface area contributed by atoms with E-state index >= 15 is 0 Å². The fourth-order valence-electron chi connectivity index (χ4n) is 2.01.